The fourth-order valence-corrected chi connectivity index (χ4v) is 3.37. The lowest BCUT2D eigenvalue weighted by Gasteiger charge is -2.06. The summed E-state index contributed by atoms with van der Waals surface area (Å²) in [5, 5.41) is 21.6. The molecule has 2 N–H and O–H groups in total. The van der Waals surface area contributed by atoms with E-state index in [1.54, 1.807) is 36.2 Å². The number of aromatic hydroxyl groups is 1. The van der Waals surface area contributed by atoms with Crippen molar-refractivity contribution < 1.29 is 9.90 Å². The third kappa shape index (κ3) is 8.14. The van der Waals surface area contributed by atoms with E-state index >= 15 is 0 Å². The van der Waals surface area contributed by atoms with Crippen molar-refractivity contribution in [2.75, 3.05) is 12.3 Å². The van der Waals surface area contributed by atoms with Crippen molar-refractivity contribution in [1.29, 1.82) is 5.26 Å². The molecule has 27 heavy (non-hydrogen) atoms. The first-order valence-electron chi connectivity index (χ1n) is 9.21. The van der Waals surface area contributed by atoms with Gasteiger partial charge < -0.3 is 10.4 Å². The Hall–Kier alpha value is -2.52. The van der Waals surface area contributed by atoms with Gasteiger partial charge in [0.15, 0.2) is 0 Å². The van der Waals surface area contributed by atoms with Crippen LogP contribution >= 0.6 is 11.8 Å². The molecular formula is C21H25N3O2S. The van der Waals surface area contributed by atoms with Crippen molar-refractivity contribution in [2.45, 2.75) is 43.6 Å². The molecule has 1 amide bonds. The molecule has 0 aliphatic carbocycles. The van der Waals surface area contributed by atoms with Crippen LogP contribution in [-0.2, 0) is 6.42 Å². The molecule has 0 spiro atoms. The van der Waals surface area contributed by atoms with E-state index < -0.39 is 0 Å². The smallest absolute Gasteiger partial charge is 0.252 e. The Morgan fingerprint density at radius 3 is 2.59 bits per heavy atom. The number of carbonyl (C=O) groups is 1. The van der Waals surface area contributed by atoms with E-state index in [0.717, 1.165) is 42.0 Å². The Kier molecular flexibility index (Phi) is 9.22. The average Bonchev–Trinajstić information content (AvgIpc) is 2.69. The lowest BCUT2D eigenvalue weighted by atomic mass is 10.1. The van der Waals surface area contributed by atoms with E-state index in [1.165, 1.54) is 0 Å². The zero-order valence-corrected chi connectivity index (χ0v) is 16.2. The molecule has 0 radical (unpaired) electrons. The number of benzene rings is 1. The topological polar surface area (TPSA) is 86.0 Å². The van der Waals surface area contributed by atoms with Gasteiger partial charge >= 0.3 is 0 Å². The number of thioether (sulfide) groups is 1. The number of phenolic OH excluding ortho intramolecular Hbond substituents is 1. The highest BCUT2D eigenvalue weighted by Crippen LogP contribution is 2.18. The monoisotopic (exact) mass is 383 g/mol. The Balaban J connectivity index is 1.65. The lowest BCUT2D eigenvalue weighted by Crippen LogP contribution is -2.25. The Morgan fingerprint density at radius 1 is 1.11 bits per heavy atom. The van der Waals surface area contributed by atoms with Gasteiger partial charge in [0.25, 0.3) is 5.91 Å². The molecular weight excluding hydrogens is 358 g/mol. The van der Waals surface area contributed by atoms with Crippen molar-refractivity contribution in [3.05, 3.63) is 53.7 Å². The minimum Gasteiger partial charge on any atom is -0.508 e. The molecule has 2 rings (SSSR count). The number of phenols is 1. The Morgan fingerprint density at radius 2 is 1.89 bits per heavy atom. The molecule has 142 valence electrons. The van der Waals surface area contributed by atoms with Crippen molar-refractivity contribution >= 4 is 17.7 Å². The zero-order chi connectivity index (χ0) is 19.3. The van der Waals surface area contributed by atoms with Crippen molar-refractivity contribution in [1.82, 2.24) is 10.3 Å². The SMILES string of the molecule is N#CCCCCCCSc1ccc(C(=O)NCCc2ccc(O)cc2)cn1. The summed E-state index contributed by atoms with van der Waals surface area (Å²) in [5.74, 6) is 1.11. The van der Waals surface area contributed by atoms with E-state index in [2.05, 4.69) is 16.4 Å². The van der Waals surface area contributed by atoms with Gasteiger partial charge in [-0.2, -0.15) is 5.26 Å². The van der Waals surface area contributed by atoms with Crippen LogP contribution in [0.15, 0.2) is 47.6 Å². The molecule has 0 saturated heterocycles. The van der Waals surface area contributed by atoms with Crippen LogP contribution in [0.4, 0.5) is 0 Å². The maximum absolute atomic E-state index is 12.2. The van der Waals surface area contributed by atoms with E-state index in [-0.39, 0.29) is 11.7 Å². The van der Waals surface area contributed by atoms with Gasteiger partial charge in [0, 0.05) is 19.2 Å². The van der Waals surface area contributed by atoms with Crippen molar-refractivity contribution in [3.63, 3.8) is 0 Å². The predicted molar refractivity (Wildman–Crippen MR) is 108 cm³/mol. The van der Waals surface area contributed by atoms with Crippen LogP contribution in [0.2, 0.25) is 0 Å². The van der Waals surface area contributed by atoms with E-state index in [4.69, 9.17) is 5.26 Å². The number of pyridine rings is 1. The van der Waals surface area contributed by atoms with Crippen molar-refractivity contribution in [2.24, 2.45) is 0 Å². The predicted octanol–water partition coefficient (Wildman–Crippen LogP) is 4.33. The Labute approximate surface area is 164 Å². The summed E-state index contributed by atoms with van der Waals surface area (Å²) in [6.45, 7) is 0.534. The van der Waals surface area contributed by atoms with Crippen LogP contribution in [0.5, 0.6) is 5.75 Å². The van der Waals surface area contributed by atoms with Crippen LogP contribution in [0.3, 0.4) is 0 Å². The first-order chi connectivity index (χ1) is 13.2. The molecule has 0 aliphatic heterocycles. The van der Waals surface area contributed by atoms with Gasteiger partial charge in [-0.1, -0.05) is 25.0 Å². The van der Waals surface area contributed by atoms with Crippen molar-refractivity contribution in [3.8, 4) is 11.8 Å². The zero-order valence-electron chi connectivity index (χ0n) is 15.4. The van der Waals surface area contributed by atoms with E-state index in [0.29, 0.717) is 24.9 Å². The second-order valence-corrected chi connectivity index (χ2v) is 7.34. The normalized spacial score (nSPS) is 10.3. The molecule has 0 unspecified atom stereocenters. The summed E-state index contributed by atoms with van der Waals surface area (Å²) in [6.07, 6.45) is 7.30. The summed E-state index contributed by atoms with van der Waals surface area (Å²) in [6, 6.07) is 12.8. The largest absolute Gasteiger partial charge is 0.508 e. The van der Waals surface area contributed by atoms with Gasteiger partial charge in [-0.15, -0.1) is 11.8 Å². The quantitative estimate of drug-likeness (QED) is 0.446. The lowest BCUT2D eigenvalue weighted by molar-refractivity contribution is 0.0953. The maximum Gasteiger partial charge on any atom is 0.252 e. The van der Waals surface area contributed by atoms with E-state index in [9.17, 15) is 9.90 Å². The summed E-state index contributed by atoms with van der Waals surface area (Å²) >= 11 is 1.69. The molecule has 0 fully saturated rings. The average molecular weight is 384 g/mol. The molecule has 0 bridgehead atoms. The fraction of sp³-hybridized carbons (Fsp3) is 0.381. The second kappa shape index (κ2) is 12.0. The fourth-order valence-electron chi connectivity index (χ4n) is 2.52. The summed E-state index contributed by atoms with van der Waals surface area (Å²) in [5.41, 5.74) is 1.62. The number of carbonyl (C=O) groups excluding carboxylic acids is 1. The van der Waals surface area contributed by atoms with Gasteiger partial charge in [-0.25, -0.2) is 4.98 Å². The highest BCUT2D eigenvalue weighted by molar-refractivity contribution is 7.99. The number of nitrogens with one attached hydrogen (secondary N) is 1. The van der Waals surface area contributed by atoms with Gasteiger partial charge in [0.1, 0.15) is 5.75 Å². The van der Waals surface area contributed by atoms with Gasteiger partial charge in [-0.05, 0) is 54.8 Å². The molecule has 0 saturated carbocycles. The Bertz CT molecular complexity index is 740. The molecule has 1 aromatic carbocycles. The first-order valence-corrected chi connectivity index (χ1v) is 10.2. The van der Waals surface area contributed by atoms with Crippen LogP contribution in [0.1, 0.15) is 48.0 Å². The number of nitrogens with zero attached hydrogens (tertiary/aromatic N) is 2. The molecule has 0 aliphatic rings. The number of aromatic nitrogens is 1. The maximum atomic E-state index is 12.2. The molecule has 2 aromatic rings. The van der Waals surface area contributed by atoms with Crippen LogP contribution in [0, 0.1) is 11.3 Å². The highest BCUT2D eigenvalue weighted by atomic mass is 32.2. The standard InChI is InChI=1S/C21H25N3O2S/c22-13-4-2-1-3-5-15-27-20-11-8-18(16-24-20)21(26)23-14-12-17-6-9-19(25)10-7-17/h6-11,16,25H,1-5,12,14-15H2,(H,23,26). The minimum absolute atomic E-state index is 0.129. The number of rotatable bonds is 11. The molecule has 1 heterocycles. The van der Waals surface area contributed by atoms with Gasteiger partial charge in [0.05, 0.1) is 16.7 Å². The number of amides is 1. The van der Waals surface area contributed by atoms with Crippen LogP contribution in [-0.4, -0.2) is 28.3 Å². The van der Waals surface area contributed by atoms with Crippen LogP contribution < -0.4 is 5.32 Å². The minimum atomic E-state index is -0.129. The third-order valence-corrected chi connectivity index (χ3v) is 5.10. The summed E-state index contributed by atoms with van der Waals surface area (Å²) in [7, 11) is 0. The third-order valence-electron chi connectivity index (χ3n) is 4.07. The molecule has 1 aromatic heterocycles. The van der Waals surface area contributed by atoms with E-state index in [1.807, 2.05) is 18.2 Å². The van der Waals surface area contributed by atoms with Gasteiger partial charge in [0.2, 0.25) is 0 Å². The van der Waals surface area contributed by atoms with Gasteiger partial charge in [-0.3, -0.25) is 4.79 Å². The van der Waals surface area contributed by atoms with Crippen LogP contribution in [0.25, 0.3) is 0 Å². The molecule has 0 atom stereocenters. The molecule has 5 nitrogen and oxygen atoms in total. The number of hydrogen-bond donors (Lipinski definition) is 2. The number of unbranched alkanes of at least 4 members (excludes halogenated alkanes) is 4. The first kappa shape index (κ1) is 20.8. The summed E-state index contributed by atoms with van der Waals surface area (Å²) < 4.78 is 0. The second-order valence-electron chi connectivity index (χ2n) is 6.23. The number of hydrogen-bond acceptors (Lipinski definition) is 5. The number of nitriles is 1. The summed E-state index contributed by atoms with van der Waals surface area (Å²) in [4.78, 5) is 16.5. The molecule has 6 heteroatoms. The highest BCUT2D eigenvalue weighted by Gasteiger charge is 2.06.